The molecule has 0 radical (unpaired) electrons. The SMILES string of the molecule is Cc1cccc2nc(C(F)(F)C(F)(F)C(F)(F)Cl)cc(=O)n12. The van der Waals surface area contributed by atoms with Gasteiger partial charge in [-0.05, 0) is 30.7 Å². The molecule has 0 amide bonds. The van der Waals surface area contributed by atoms with E-state index in [4.69, 9.17) is 0 Å². The molecular weight excluding hydrogens is 338 g/mol. The molecule has 2 aromatic rings. The zero-order valence-electron chi connectivity index (χ0n) is 10.8. The first-order chi connectivity index (χ1) is 9.89. The number of hydrogen-bond donors (Lipinski definition) is 0. The number of alkyl halides is 7. The van der Waals surface area contributed by atoms with Crippen LogP contribution < -0.4 is 5.56 Å². The van der Waals surface area contributed by atoms with Crippen molar-refractivity contribution in [2.75, 3.05) is 0 Å². The lowest BCUT2D eigenvalue weighted by atomic mass is 10.1. The van der Waals surface area contributed by atoms with Crippen molar-refractivity contribution in [3.8, 4) is 0 Å². The average molecular weight is 345 g/mol. The van der Waals surface area contributed by atoms with E-state index in [9.17, 15) is 31.1 Å². The Morgan fingerprint density at radius 1 is 1.14 bits per heavy atom. The van der Waals surface area contributed by atoms with Crippen molar-refractivity contribution in [1.29, 1.82) is 0 Å². The van der Waals surface area contributed by atoms with Gasteiger partial charge in [-0.25, -0.2) is 4.98 Å². The quantitative estimate of drug-likeness (QED) is 0.630. The molecule has 0 unspecified atom stereocenters. The normalized spacial score (nSPS) is 13.6. The van der Waals surface area contributed by atoms with Gasteiger partial charge >= 0.3 is 17.2 Å². The first kappa shape index (κ1) is 16.6. The smallest absolute Gasteiger partial charge is 0.269 e. The van der Waals surface area contributed by atoms with Gasteiger partial charge in [-0.3, -0.25) is 9.20 Å². The molecule has 10 heteroatoms. The molecule has 3 nitrogen and oxygen atoms in total. The third-order valence-electron chi connectivity index (χ3n) is 2.95. The van der Waals surface area contributed by atoms with Crippen molar-refractivity contribution in [2.24, 2.45) is 0 Å². The van der Waals surface area contributed by atoms with Gasteiger partial charge < -0.3 is 0 Å². The van der Waals surface area contributed by atoms with Crippen LogP contribution in [-0.4, -0.2) is 20.7 Å². The number of nitrogens with zero attached hydrogens (tertiary/aromatic N) is 2. The molecule has 120 valence electrons. The molecule has 0 aromatic carbocycles. The van der Waals surface area contributed by atoms with Gasteiger partial charge in [0.1, 0.15) is 11.3 Å². The Bertz CT molecular complexity index is 783. The molecule has 0 N–H and O–H groups in total. The molecule has 0 fully saturated rings. The fraction of sp³-hybridized carbons (Fsp3) is 0.333. The predicted molar refractivity (Wildman–Crippen MR) is 65.8 cm³/mol. The van der Waals surface area contributed by atoms with Crippen molar-refractivity contribution >= 4 is 17.2 Å². The third-order valence-corrected chi connectivity index (χ3v) is 3.19. The minimum atomic E-state index is -5.93. The minimum absolute atomic E-state index is 0.0799. The Morgan fingerprint density at radius 3 is 2.27 bits per heavy atom. The Morgan fingerprint density at radius 2 is 1.73 bits per heavy atom. The Balaban J connectivity index is 2.73. The van der Waals surface area contributed by atoms with Gasteiger partial charge in [0.05, 0.1) is 0 Å². The van der Waals surface area contributed by atoms with E-state index >= 15 is 0 Å². The summed E-state index contributed by atoms with van der Waals surface area (Å²) in [7, 11) is 0. The summed E-state index contributed by atoms with van der Waals surface area (Å²) in [6.45, 7) is 1.45. The Hall–Kier alpha value is -1.77. The van der Waals surface area contributed by atoms with E-state index in [-0.39, 0.29) is 11.7 Å². The summed E-state index contributed by atoms with van der Waals surface area (Å²) in [6, 6.07) is 3.98. The molecule has 2 rings (SSSR count). The van der Waals surface area contributed by atoms with E-state index in [2.05, 4.69) is 16.6 Å². The van der Waals surface area contributed by atoms with Crippen LogP contribution in [0.4, 0.5) is 26.3 Å². The zero-order chi connectivity index (χ0) is 16.9. The number of rotatable bonds is 3. The Kier molecular flexibility index (Phi) is 3.67. The van der Waals surface area contributed by atoms with Crippen LogP contribution >= 0.6 is 11.6 Å². The van der Waals surface area contributed by atoms with Gasteiger partial charge in [0.2, 0.25) is 0 Å². The van der Waals surface area contributed by atoms with Gasteiger partial charge in [-0.1, -0.05) is 6.07 Å². The van der Waals surface area contributed by atoms with Crippen LogP contribution in [0.25, 0.3) is 5.65 Å². The van der Waals surface area contributed by atoms with Gasteiger partial charge in [0.15, 0.2) is 0 Å². The molecule has 0 saturated carbocycles. The van der Waals surface area contributed by atoms with E-state index in [1.54, 1.807) is 0 Å². The fourth-order valence-electron chi connectivity index (χ4n) is 1.81. The average Bonchev–Trinajstić information content (AvgIpc) is 2.36. The molecule has 0 aliphatic heterocycles. The molecule has 2 heterocycles. The van der Waals surface area contributed by atoms with E-state index in [1.807, 2.05) is 0 Å². The highest BCUT2D eigenvalue weighted by atomic mass is 35.5. The summed E-state index contributed by atoms with van der Waals surface area (Å²) >= 11 is 4.07. The zero-order valence-corrected chi connectivity index (χ0v) is 11.5. The summed E-state index contributed by atoms with van der Waals surface area (Å²) in [4.78, 5) is 15.0. The first-order valence-corrected chi connectivity index (χ1v) is 6.09. The fourth-order valence-corrected chi connectivity index (χ4v) is 1.93. The first-order valence-electron chi connectivity index (χ1n) is 5.72. The molecule has 2 aromatic heterocycles. The summed E-state index contributed by atoms with van der Waals surface area (Å²) < 4.78 is 79.9. The molecular formula is C12H7ClF6N2O. The maximum absolute atomic E-state index is 13.7. The van der Waals surface area contributed by atoms with Crippen LogP contribution in [0.3, 0.4) is 0 Å². The second kappa shape index (κ2) is 4.87. The molecule has 0 bridgehead atoms. The summed E-state index contributed by atoms with van der Waals surface area (Å²) in [5, 5.41) is -5.52. The van der Waals surface area contributed by atoms with Gasteiger partial charge in [0, 0.05) is 11.8 Å². The molecule has 22 heavy (non-hydrogen) atoms. The minimum Gasteiger partial charge on any atom is -0.269 e. The van der Waals surface area contributed by atoms with Gasteiger partial charge in [-0.2, -0.15) is 26.3 Å². The largest absolute Gasteiger partial charge is 0.392 e. The summed E-state index contributed by atoms with van der Waals surface area (Å²) in [6.07, 6.45) is 0. The summed E-state index contributed by atoms with van der Waals surface area (Å²) in [5.41, 5.74) is -2.96. The Labute approximate surface area is 124 Å². The van der Waals surface area contributed by atoms with Crippen molar-refractivity contribution in [1.82, 2.24) is 9.38 Å². The monoisotopic (exact) mass is 344 g/mol. The summed E-state index contributed by atoms with van der Waals surface area (Å²) in [5.74, 6) is -11.4. The second-order valence-corrected chi connectivity index (χ2v) is 4.96. The molecule has 0 atom stereocenters. The highest BCUT2D eigenvalue weighted by Crippen LogP contribution is 2.52. The lowest BCUT2D eigenvalue weighted by Crippen LogP contribution is -2.50. The van der Waals surface area contributed by atoms with Gasteiger partial charge in [-0.15, -0.1) is 0 Å². The van der Waals surface area contributed by atoms with Crippen LogP contribution in [0.5, 0.6) is 0 Å². The lowest BCUT2D eigenvalue weighted by Gasteiger charge is -2.28. The number of halogens is 7. The van der Waals surface area contributed by atoms with E-state index in [0.29, 0.717) is 5.69 Å². The molecule has 0 aliphatic rings. The maximum atomic E-state index is 13.7. The van der Waals surface area contributed by atoms with Crippen LogP contribution in [0, 0.1) is 6.92 Å². The third kappa shape index (κ3) is 2.33. The highest BCUT2D eigenvalue weighted by molar-refractivity contribution is 6.22. The number of fused-ring (bicyclic) bond motifs is 1. The number of aromatic nitrogens is 2. The standard InChI is InChI=1S/C12H7ClF6N2O/c1-6-3-2-4-8-20-7(5-9(22)21(6)8)10(14,15)11(16,17)12(13,18)19/h2-5H,1H3. The molecule has 0 spiro atoms. The van der Waals surface area contributed by atoms with Crippen LogP contribution in [0.15, 0.2) is 29.1 Å². The van der Waals surface area contributed by atoms with Crippen molar-refractivity contribution in [3.63, 3.8) is 0 Å². The van der Waals surface area contributed by atoms with Crippen LogP contribution in [0.1, 0.15) is 11.4 Å². The van der Waals surface area contributed by atoms with E-state index < -0.39 is 28.5 Å². The van der Waals surface area contributed by atoms with Crippen LogP contribution in [0.2, 0.25) is 0 Å². The molecule has 0 aliphatic carbocycles. The molecule has 0 saturated heterocycles. The predicted octanol–water partition coefficient (Wildman–Crippen LogP) is 3.56. The van der Waals surface area contributed by atoms with Crippen molar-refractivity contribution in [2.45, 2.75) is 24.2 Å². The van der Waals surface area contributed by atoms with E-state index in [1.165, 1.54) is 19.1 Å². The van der Waals surface area contributed by atoms with E-state index in [0.717, 1.165) is 10.5 Å². The highest BCUT2D eigenvalue weighted by Gasteiger charge is 2.72. The van der Waals surface area contributed by atoms with Crippen LogP contribution in [-0.2, 0) is 5.92 Å². The number of aryl methyl sites for hydroxylation is 1. The van der Waals surface area contributed by atoms with Crippen molar-refractivity contribution in [3.05, 3.63) is 46.0 Å². The van der Waals surface area contributed by atoms with Gasteiger partial charge in [0.25, 0.3) is 5.56 Å². The van der Waals surface area contributed by atoms with Crippen molar-refractivity contribution < 1.29 is 26.3 Å². The maximum Gasteiger partial charge on any atom is 0.392 e. The second-order valence-electron chi connectivity index (χ2n) is 4.49. The lowest BCUT2D eigenvalue weighted by molar-refractivity contribution is -0.287. The number of pyridine rings is 1. The topological polar surface area (TPSA) is 34.4 Å². The number of hydrogen-bond acceptors (Lipinski definition) is 2.